The molecule has 1 rings (SSSR count). The highest BCUT2D eigenvalue weighted by atomic mass is 19.1. The van der Waals surface area contributed by atoms with Gasteiger partial charge < -0.3 is 9.64 Å². The Kier molecular flexibility index (Phi) is 5.56. The molecule has 0 spiro atoms. The van der Waals surface area contributed by atoms with Crippen LogP contribution in [0.2, 0.25) is 0 Å². The molecule has 0 aromatic heterocycles. The van der Waals surface area contributed by atoms with E-state index in [0.29, 0.717) is 18.4 Å². The van der Waals surface area contributed by atoms with Crippen LogP contribution in [0, 0.1) is 5.41 Å². The summed E-state index contributed by atoms with van der Waals surface area (Å²) in [7, 11) is 2.81. The summed E-state index contributed by atoms with van der Waals surface area (Å²) in [6, 6.07) is 0. The Morgan fingerprint density at radius 2 is 2.00 bits per heavy atom. The molecule has 0 saturated carbocycles. The van der Waals surface area contributed by atoms with Crippen LogP contribution in [0.1, 0.15) is 34.1 Å². The zero-order valence-electron chi connectivity index (χ0n) is 14.1. The van der Waals surface area contributed by atoms with Gasteiger partial charge in [0, 0.05) is 20.1 Å². The molecule has 1 heterocycles. The van der Waals surface area contributed by atoms with E-state index in [9.17, 15) is 14.0 Å². The van der Waals surface area contributed by atoms with Crippen molar-refractivity contribution in [1.29, 1.82) is 0 Å². The van der Waals surface area contributed by atoms with Crippen LogP contribution in [0.4, 0.5) is 9.18 Å². The second-order valence-electron chi connectivity index (χ2n) is 6.60. The molecule has 1 aliphatic heterocycles. The lowest BCUT2D eigenvalue weighted by Gasteiger charge is -2.42. The number of carbonyl (C=O) groups excluding carboxylic acids is 2. The highest BCUT2D eigenvalue weighted by molar-refractivity contribution is 5.86. The molecule has 0 bridgehead atoms. The Labute approximate surface area is 130 Å². The van der Waals surface area contributed by atoms with Crippen molar-refractivity contribution in [3.63, 3.8) is 0 Å². The predicted octanol–water partition coefficient (Wildman–Crippen LogP) is 2.51. The topological polar surface area (TPSA) is 59.1 Å². The van der Waals surface area contributed by atoms with E-state index >= 15 is 0 Å². The number of ether oxygens (including phenoxy) is 1. The van der Waals surface area contributed by atoms with Gasteiger partial charge in [-0.15, -0.1) is 0 Å². The van der Waals surface area contributed by atoms with E-state index in [1.807, 2.05) is 0 Å². The molecule has 1 saturated heterocycles. The zero-order chi connectivity index (χ0) is 17.1. The Hall–Kier alpha value is -1.63. The van der Waals surface area contributed by atoms with E-state index in [1.54, 1.807) is 27.7 Å². The van der Waals surface area contributed by atoms with Crippen molar-refractivity contribution in [1.82, 2.24) is 9.96 Å². The van der Waals surface area contributed by atoms with E-state index in [4.69, 9.17) is 9.57 Å². The van der Waals surface area contributed by atoms with E-state index in [-0.39, 0.29) is 13.0 Å². The lowest BCUT2D eigenvalue weighted by atomic mass is 9.77. The SMILES string of the molecule is CON(C)C(=O)[C@]1(C)CN(C(=O)OC(C)(C)C)CC/C1=C\F. The van der Waals surface area contributed by atoms with E-state index in [2.05, 4.69) is 0 Å². The third kappa shape index (κ3) is 3.97. The molecule has 7 heteroatoms. The van der Waals surface area contributed by atoms with Gasteiger partial charge in [0.2, 0.25) is 0 Å². The van der Waals surface area contributed by atoms with Gasteiger partial charge in [0.15, 0.2) is 0 Å². The standard InChI is InChI=1S/C15H25FN2O4/c1-14(2,3)22-13(20)18-8-7-11(9-16)15(4,10-18)12(19)17(5)21-6/h9H,7-8,10H2,1-6H3/b11-9+/t15-/m1/s1. The summed E-state index contributed by atoms with van der Waals surface area (Å²) >= 11 is 0. The van der Waals surface area contributed by atoms with Crippen molar-refractivity contribution in [3.8, 4) is 0 Å². The minimum absolute atomic E-state index is 0.0458. The van der Waals surface area contributed by atoms with Gasteiger partial charge in [0.05, 0.1) is 18.9 Å². The molecular weight excluding hydrogens is 291 g/mol. The average Bonchev–Trinajstić information content (AvgIpc) is 2.43. The van der Waals surface area contributed by atoms with Gasteiger partial charge in [-0.1, -0.05) is 0 Å². The van der Waals surface area contributed by atoms with Crippen LogP contribution in [0.5, 0.6) is 0 Å². The number of rotatable bonds is 2. The summed E-state index contributed by atoms with van der Waals surface area (Å²) in [4.78, 5) is 31.0. The fraction of sp³-hybridized carbons (Fsp3) is 0.733. The Morgan fingerprint density at radius 3 is 2.45 bits per heavy atom. The fourth-order valence-electron chi connectivity index (χ4n) is 2.39. The molecule has 22 heavy (non-hydrogen) atoms. The quantitative estimate of drug-likeness (QED) is 0.735. The van der Waals surface area contributed by atoms with Crippen molar-refractivity contribution >= 4 is 12.0 Å². The van der Waals surface area contributed by atoms with Crippen LogP contribution in [-0.2, 0) is 14.4 Å². The Bertz CT molecular complexity index is 473. The van der Waals surface area contributed by atoms with Crippen molar-refractivity contribution in [3.05, 3.63) is 11.9 Å². The Balaban J connectivity index is 2.99. The largest absolute Gasteiger partial charge is 0.444 e. The van der Waals surface area contributed by atoms with Gasteiger partial charge in [-0.25, -0.2) is 14.2 Å². The summed E-state index contributed by atoms with van der Waals surface area (Å²) in [5, 5.41) is 1.04. The summed E-state index contributed by atoms with van der Waals surface area (Å²) in [6.45, 7) is 7.27. The maximum Gasteiger partial charge on any atom is 0.410 e. The highest BCUT2D eigenvalue weighted by Gasteiger charge is 2.45. The molecule has 0 aromatic carbocycles. The smallest absolute Gasteiger partial charge is 0.410 e. The summed E-state index contributed by atoms with van der Waals surface area (Å²) in [6.07, 6.45) is 0.216. The van der Waals surface area contributed by atoms with Crippen molar-refractivity contribution in [2.24, 2.45) is 5.41 Å². The van der Waals surface area contributed by atoms with Gasteiger partial charge >= 0.3 is 6.09 Å². The molecular formula is C15H25FN2O4. The minimum atomic E-state index is -1.17. The van der Waals surface area contributed by atoms with Gasteiger partial charge in [0.1, 0.15) is 5.60 Å². The van der Waals surface area contributed by atoms with Crippen LogP contribution in [0.3, 0.4) is 0 Å². The summed E-state index contributed by atoms with van der Waals surface area (Å²) in [5.74, 6) is -0.410. The molecule has 1 aliphatic rings. The maximum atomic E-state index is 13.2. The molecule has 0 aromatic rings. The van der Waals surface area contributed by atoms with E-state index < -0.39 is 23.0 Å². The van der Waals surface area contributed by atoms with Gasteiger partial charge in [-0.05, 0) is 39.7 Å². The number of hydrogen-bond donors (Lipinski definition) is 0. The predicted molar refractivity (Wildman–Crippen MR) is 79.5 cm³/mol. The van der Waals surface area contributed by atoms with E-state index in [1.165, 1.54) is 19.1 Å². The van der Waals surface area contributed by atoms with Gasteiger partial charge in [0.25, 0.3) is 5.91 Å². The molecule has 6 nitrogen and oxygen atoms in total. The first kappa shape index (κ1) is 18.4. The van der Waals surface area contributed by atoms with Crippen molar-refractivity contribution < 1.29 is 23.6 Å². The second kappa shape index (κ2) is 6.64. The molecule has 126 valence electrons. The molecule has 1 fully saturated rings. The lowest BCUT2D eigenvalue weighted by molar-refractivity contribution is -0.179. The van der Waals surface area contributed by atoms with E-state index in [0.717, 1.165) is 5.06 Å². The number of hydrogen-bond acceptors (Lipinski definition) is 4. The normalized spacial score (nSPS) is 24.3. The third-order valence-electron chi connectivity index (χ3n) is 3.68. The minimum Gasteiger partial charge on any atom is -0.444 e. The van der Waals surface area contributed by atoms with Crippen LogP contribution in [-0.4, -0.2) is 54.8 Å². The van der Waals surface area contributed by atoms with Crippen LogP contribution < -0.4 is 0 Å². The van der Waals surface area contributed by atoms with Gasteiger partial charge in [-0.3, -0.25) is 9.63 Å². The fourth-order valence-corrected chi connectivity index (χ4v) is 2.39. The first-order valence-corrected chi connectivity index (χ1v) is 7.15. The first-order chi connectivity index (χ1) is 10.0. The number of amides is 2. The summed E-state index contributed by atoms with van der Waals surface area (Å²) < 4.78 is 18.5. The van der Waals surface area contributed by atoms with Crippen molar-refractivity contribution in [2.75, 3.05) is 27.2 Å². The maximum absolute atomic E-state index is 13.2. The molecule has 0 unspecified atom stereocenters. The number of hydroxylamine groups is 2. The molecule has 0 radical (unpaired) electrons. The molecule has 0 N–H and O–H groups in total. The molecule has 2 amide bonds. The van der Waals surface area contributed by atoms with Crippen molar-refractivity contribution in [2.45, 2.75) is 39.7 Å². The van der Waals surface area contributed by atoms with Gasteiger partial charge in [-0.2, -0.15) is 0 Å². The second-order valence-corrected chi connectivity index (χ2v) is 6.60. The number of piperidine rings is 1. The monoisotopic (exact) mass is 316 g/mol. The summed E-state index contributed by atoms with van der Waals surface area (Å²) in [5.41, 5.74) is -1.45. The number of carbonyl (C=O) groups is 2. The average molecular weight is 316 g/mol. The number of halogens is 1. The highest BCUT2D eigenvalue weighted by Crippen LogP contribution is 2.37. The lowest BCUT2D eigenvalue weighted by Crippen LogP contribution is -2.54. The van der Waals surface area contributed by atoms with Crippen LogP contribution >= 0.6 is 0 Å². The molecule has 1 atom stereocenters. The van der Waals surface area contributed by atoms with Crippen LogP contribution in [0.15, 0.2) is 11.9 Å². The third-order valence-corrected chi connectivity index (χ3v) is 3.68. The zero-order valence-corrected chi connectivity index (χ0v) is 14.1. The number of nitrogens with zero attached hydrogens (tertiary/aromatic N) is 2. The van der Waals surface area contributed by atoms with Crippen LogP contribution in [0.25, 0.3) is 0 Å². The Morgan fingerprint density at radius 1 is 1.41 bits per heavy atom. The number of likely N-dealkylation sites (tertiary alicyclic amines) is 1. The molecule has 0 aliphatic carbocycles. The first-order valence-electron chi connectivity index (χ1n) is 7.15.